The number of hydrogen-bond donors (Lipinski definition) is 1. The van der Waals surface area contributed by atoms with Gasteiger partial charge in [-0.2, -0.15) is 0 Å². The van der Waals surface area contributed by atoms with Crippen LogP contribution in [0.4, 0.5) is 0 Å². The third-order valence-corrected chi connectivity index (χ3v) is 7.36. The summed E-state index contributed by atoms with van der Waals surface area (Å²) >= 11 is 0. The largest absolute Gasteiger partial charge is 0.351 e. The van der Waals surface area contributed by atoms with Crippen molar-refractivity contribution >= 4 is 22.7 Å². The molecule has 5 heteroatoms. The molecule has 2 heterocycles. The molecular weight excluding hydrogens is 398 g/mol. The maximum absolute atomic E-state index is 13.8. The molecule has 5 nitrogen and oxygen atoms in total. The maximum atomic E-state index is 13.8. The first-order chi connectivity index (χ1) is 15.5. The molecule has 166 valence electrons. The van der Waals surface area contributed by atoms with Crippen molar-refractivity contribution < 1.29 is 9.59 Å². The Morgan fingerprint density at radius 3 is 2.56 bits per heavy atom. The first kappa shape index (κ1) is 20.8. The summed E-state index contributed by atoms with van der Waals surface area (Å²) in [6.45, 7) is 4.85. The molecule has 0 radical (unpaired) electrons. The molecule has 1 aliphatic carbocycles. The van der Waals surface area contributed by atoms with E-state index < -0.39 is 5.54 Å². The highest BCUT2D eigenvalue weighted by atomic mass is 16.2. The van der Waals surface area contributed by atoms with Crippen LogP contribution in [0.5, 0.6) is 0 Å². The predicted molar refractivity (Wildman–Crippen MR) is 126 cm³/mol. The lowest BCUT2D eigenvalue weighted by molar-refractivity contribution is -0.134. The minimum absolute atomic E-state index is 0.0465. The Balaban J connectivity index is 1.56. The summed E-state index contributed by atoms with van der Waals surface area (Å²) in [7, 11) is 0. The molecule has 5 rings (SSSR count). The number of nitrogens with one attached hydrogen (secondary N) is 1. The molecule has 1 unspecified atom stereocenters. The van der Waals surface area contributed by atoms with Crippen LogP contribution < -0.4 is 5.32 Å². The summed E-state index contributed by atoms with van der Waals surface area (Å²) in [5, 5.41) is 4.34. The van der Waals surface area contributed by atoms with Gasteiger partial charge in [-0.05, 0) is 49.9 Å². The van der Waals surface area contributed by atoms with Crippen LogP contribution in [0.1, 0.15) is 60.6 Å². The number of fused-ring (bicyclic) bond motifs is 3. The van der Waals surface area contributed by atoms with E-state index >= 15 is 0 Å². The molecule has 0 saturated heterocycles. The van der Waals surface area contributed by atoms with Gasteiger partial charge in [0.25, 0.3) is 5.91 Å². The fraction of sp³-hybridized carbons (Fsp3) is 0.407. The number of carbonyl (C=O) groups is 2. The van der Waals surface area contributed by atoms with Gasteiger partial charge in [0, 0.05) is 23.5 Å². The monoisotopic (exact) mass is 429 g/mol. The number of aryl methyl sites for hydroxylation is 1. The van der Waals surface area contributed by atoms with Crippen molar-refractivity contribution in [3.05, 3.63) is 71.4 Å². The number of nitrogens with zero attached hydrogens (tertiary/aromatic N) is 2. The molecule has 3 aromatic rings. The third-order valence-electron chi connectivity index (χ3n) is 7.36. The zero-order valence-electron chi connectivity index (χ0n) is 18.9. The first-order valence-corrected chi connectivity index (χ1v) is 11.7. The number of benzene rings is 2. The second kappa shape index (κ2) is 8.12. The number of para-hydroxylation sites is 1. The Morgan fingerprint density at radius 2 is 1.78 bits per heavy atom. The summed E-state index contributed by atoms with van der Waals surface area (Å²) in [5.41, 5.74) is 2.89. The zero-order chi connectivity index (χ0) is 22.3. The Bertz CT molecular complexity index is 1170. The summed E-state index contributed by atoms with van der Waals surface area (Å²) in [6, 6.07) is 18.3. The molecule has 1 N–H and O–H groups in total. The molecule has 1 aromatic heterocycles. The summed E-state index contributed by atoms with van der Waals surface area (Å²) < 4.78 is 2.03. The topological polar surface area (TPSA) is 54.3 Å². The van der Waals surface area contributed by atoms with Gasteiger partial charge >= 0.3 is 0 Å². The molecule has 1 saturated carbocycles. The predicted octanol–water partition coefficient (Wildman–Crippen LogP) is 4.81. The van der Waals surface area contributed by atoms with Gasteiger partial charge in [0.05, 0.1) is 6.54 Å². The van der Waals surface area contributed by atoms with E-state index in [2.05, 4.69) is 18.3 Å². The average Bonchev–Trinajstić information content (AvgIpc) is 3.17. The molecule has 1 aliphatic heterocycles. The fourth-order valence-corrected chi connectivity index (χ4v) is 5.30. The average molecular weight is 430 g/mol. The Morgan fingerprint density at radius 1 is 1.06 bits per heavy atom. The Labute approximate surface area is 189 Å². The van der Waals surface area contributed by atoms with Crippen LogP contribution in [0.15, 0.2) is 54.6 Å². The Kier molecular flexibility index (Phi) is 5.28. The van der Waals surface area contributed by atoms with Crippen molar-refractivity contribution in [2.75, 3.05) is 0 Å². The minimum Gasteiger partial charge on any atom is -0.351 e. The first-order valence-electron chi connectivity index (χ1n) is 11.7. The second-order valence-corrected chi connectivity index (χ2v) is 9.57. The van der Waals surface area contributed by atoms with Crippen LogP contribution in [0.3, 0.4) is 0 Å². The van der Waals surface area contributed by atoms with Gasteiger partial charge in [0.15, 0.2) is 0 Å². The van der Waals surface area contributed by atoms with Gasteiger partial charge in [-0.25, -0.2) is 0 Å². The van der Waals surface area contributed by atoms with E-state index in [1.165, 1.54) is 6.42 Å². The highest BCUT2D eigenvalue weighted by molar-refractivity contribution is 6.03. The van der Waals surface area contributed by atoms with Crippen LogP contribution in [0.2, 0.25) is 0 Å². The summed E-state index contributed by atoms with van der Waals surface area (Å²) in [5.74, 6) is -0.133. The van der Waals surface area contributed by atoms with E-state index in [4.69, 9.17) is 0 Å². The highest BCUT2D eigenvalue weighted by Crippen LogP contribution is 2.34. The molecule has 2 aliphatic rings. The standard InChI is InChI=1S/C27H31N3O2/c1-19-10-6-7-12-21(19)17-30-25(31)24-16-20-11-8-9-15-23(20)29(24)18-27(30,2)26(32)28-22-13-4-3-5-14-22/h6-12,15-16,22H,3-5,13-14,17-18H2,1-2H3,(H,28,32). The van der Waals surface area contributed by atoms with Crippen molar-refractivity contribution in [1.29, 1.82) is 0 Å². The lowest BCUT2D eigenvalue weighted by Gasteiger charge is -2.45. The van der Waals surface area contributed by atoms with Crippen molar-refractivity contribution in [3.8, 4) is 0 Å². The van der Waals surface area contributed by atoms with Gasteiger partial charge < -0.3 is 14.8 Å². The Hall–Kier alpha value is -3.08. The van der Waals surface area contributed by atoms with Crippen molar-refractivity contribution in [2.45, 2.75) is 70.6 Å². The zero-order valence-corrected chi connectivity index (χ0v) is 18.9. The summed E-state index contributed by atoms with van der Waals surface area (Å²) in [6.07, 6.45) is 5.58. The molecule has 2 aromatic carbocycles. The number of amides is 2. The maximum Gasteiger partial charge on any atom is 0.271 e. The molecule has 2 amide bonds. The normalized spacial score (nSPS) is 21.6. The number of hydrogen-bond acceptors (Lipinski definition) is 2. The van der Waals surface area contributed by atoms with Gasteiger partial charge in [-0.3, -0.25) is 9.59 Å². The number of aromatic nitrogens is 1. The van der Waals surface area contributed by atoms with Gasteiger partial charge in [0.1, 0.15) is 11.2 Å². The van der Waals surface area contributed by atoms with Gasteiger partial charge in [-0.1, -0.05) is 61.7 Å². The minimum atomic E-state index is -0.967. The molecule has 0 spiro atoms. The van der Waals surface area contributed by atoms with E-state index in [9.17, 15) is 9.59 Å². The van der Waals surface area contributed by atoms with E-state index in [-0.39, 0.29) is 17.9 Å². The molecule has 1 atom stereocenters. The smallest absolute Gasteiger partial charge is 0.271 e. The van der Waals surface area contributed by atoms with Crippen LogP contribution in [-0.4, -0.2) is 32.9 Å². The van der Waals surface area contributed by atoms with Crippen LogP contribution in [-0.2, 0) is 17.9 Å². The fourth-order valence-electron chi connectivity index (χ4n) is 5.30. The molecule has 0 bridgehead atoms. The van der Waals surface area contributed by atoms with Gasteiger partial charge in [0.2, 0.25) is 5.91 Å². The van der Waals surface area contributed by atoms with Crippen LogP contribution >= 0.6 is 0 Å². The van der Waals surface area contributed by atoms with E-state index in [1.807, 2.05) is 60.0 Å². The van der Waals surface area contributed by atoms with E-state index in [0.29, 0.717) is 18.8 Å². The molecule has 32 heavy (non-hydrogen) atoms. The SMILES string of the molecule is Cc1ccccc1CN1C(=O)c2cc3ccccc3n2CC1(C)C(=O)NC1CCCCC1. The van der Waals surface area contributed by atoms with E-state index in [0.717, 1.165) is 47.7 Å². The van der Waals surface area contributed by atoms with Crippen LogP contribution in [0.25, 0.3) is 10.9 Å². The molecular formula is C27H31N3O2. The number of rotatable bonds is 4. The quantitative estimate of drug-likeness (QED) is 0.647. The number of carbonyl (C=O) groups excluding carboxylic acids is 2. The van der Waals surface area contributed by atoms with Gasteiger partial charge in [-0.15, -0.1) is 0 Å². The van der Waals surface area contributed by atoms with Crippen LogP contribution in [0, 0.1) is 6.92 Å². The van der Waals surface area contributed by atoms with Crippen molar-refractivity contribution in [1.82, 2.24) is 14.8 Å². The lowest BCUT2D eigenvalue weighted by Crippen LogP contribution is -2.64. The molecule has 1 fully saturated rings. The van der Waals surface area contributed by atoms with Crippen molar-refractivity contribution in [3.63, 3.8) is 0 Å². The van der Waals surface area contributed by atoms with Crippen molar-refractivity contribution in [2.24, 2.45) is 0 Å². The van der Waals surface area contributed by atoms with E-state index in [1.54, 1.807) is 4.90 Å². The second-order valence-electron chi connectivity index (χ2n) is 9.57. The summed E-state index contributed by atoms with van der Waals surface area (Å²) in [4.78, 5) is 29.4. The highest BCUT2D eigenvalue weighted by Gasteiger charge is 2.48. The lowest BCUT2D eigenvalue weighted by atomic mass is 9.90. The third kappa shape index (κ3) is 3.50.